The van der Waals surface area contributed by atoms with Gasteiger partial charge in [0.2, 0.25) is 5.91 Å². The summed E-state index contributed by atoms with van der Waals surface area (Å²) in [7, 11) is 0. The van der Waals surface area contributed by atoms with Gasteiger partial charge in [0.05, 0.1) is 0 Å². The number of imide groups is 1. The van der Waals surface area contributed by atoms with Crippen LogP contribution >= 0.6 is 11.6 Å². The molecule has 0 aliphatic carbocycles. The third kappa shape index (κ3) is 3.61. The van der Waals surface area contributed by atoms with Crippen molar-refractivity contribution < 1.29 is 9.59 Å². The average Bonchev–Trinajstić information content (AvgIpc) is 2.27. The number of halogens is 1. The lowest BCUT2D eigenvalue weighted by molar-refractivity contribution is -0.118. The van der Waals surface area contributed by atoms with Crippen LogP contribution in [0, 0.1) is 0 Å². The van der Waals surface area contributed by atoms with Crippen LogP contribution in [0.1, 0.15) is 10.4 Å². The topological polar surface area (TPSA) is 94.9 Å². The molecule has 0 unspecified atom stereocenters. The van der Waals surface area contributed by atoms with Crippen LogP contribution in [-0.2, 0) is 4.79 Å². The van der Waals surface area contributed by atoms with E-state index >= 15 is 0 Å². The molecule has 0 aliphatic rings. The number of amides is 2. The second-order valence-electron chi connectivity index (χ2n) is 2.77. The molecule has 7 heteroatoms. The van der Waals surface area contributed by atoms with Gasteiger partial charge >= 0.3 is 0 Å². The minimum atomic E-state index is -0.655. The predicted octanol–water partition coefficient (Wildman–Crippen LogP) is 1.91. The molecule has 1 aromatic carbocycles. The van der Waals surface area contributed by atoms with Gasteiger partial charge in [-0.25, -0.2) is 0 Å². The van der Waals surface area contributed by atoms with Crippen LogP contribution in [-0.4, -0.2) is 18.4 Å². The maximum absolute atomic E-state index is 11.4. The Morgan fingerprint density at radius 3 is 2.56 bits per heavy atom. The van der Waals surface area contributed by atoms with Gasteiger partial charge in [0.1, 0.15) is 6.54 Å². The van der Waals surface area contributed by atoms with Crippen LogP contribution in [0.25, 0.3) is 10.4 Å². The van der Waals surface area contributed by atoms with Crippen molar-refractivity contribution in [3.8, 4) is 0 Å². The Labute approximate surface area is 95.8 Å². The monoisotopic (exact) mass is 238 g/mol. The van der Waals surface area contributed by atoms with Gasteiger partial charge in [-0.15, -0.1) is 0 Å². The smallest absolute Gasteiger partial charge is 0.257 e. The SMILES string of the molecule is [N-]=[N+]=NCC(=O)NC(=O)c1ccc(Cl)cc1. The summed E-state index contributed by atoms with van der Waals surface area (Å²) in [6.07, 6.45) is 0. The standard InChI is InChI=1S/C9H7ClN4O2/c10-7-3-1-6(2-4-7)9(16)13-8(15)5-12-14-11/h1-4H,5H2,(H,13,15,16). The number of hydrogen-bond donors (Lipinski definition) is 1. The highest BCUT2D eigenvalue weighted by Crippen LogP contribution is 2.09. The lowest BCUT2D eigenvalue weighted by atomic mass is 10.2. The van der Waals surface area contributed by atoms with Gasteiger partial charge in [0, 0.05) is 15.5 Å². The van der Waals surface area contributed by atoms with Crippen molar-refractivity contribution in [1.29, 1.82) is 0 Å². The van der Waals surface area contributed by atoms with Gasteiger partial charge in [-0.1, -0.05) is 16.7 Å². The van der Waals surface area contributed by atoms with E-state index in [0.717, 1.165) is 0 Å². The Morgan fingerprint density at radius 2 is 2.00 bits per heavy atom. The van der Waals surface area contributed by atoms with E-state index in [9.17, 15) is 9.59 Å². The lowest BCUT2D eigenvalue weighted by Crippen LogP contribution is -2.31. The highest BCUT2D eigenvalue weighted by Gasteiger charge is 2.08. The molecule has 0 atom stereocenters. The van der Waals surface area contributed by atoms with Crippen molar-refractivity contribution in [2.24, 2.45) is 5.11 Å². The van der Waals surface area contributed by atoms with Gasteiger partial charge in [0.15, 0.2) is 0 Å². The zero-order chi connectivity index (χ0) is 12.0. The molecule has 0 aliphatic heterocycles. The van der Waals surface area contributed by atoms with E-state index in [0.29, 0.717) is 10.6 Å². The van der Waals surface area contributed by atoms with Crippen molar-refractivity contribution in [3.63, 3.8) is 0 Å². The molecule has 16 heavy (non-hydrogen) atoms. The molecule has 6 nitrogen and oxygen atoms in total. The van der Waals surface area contributed by atoms with E-state index < -0.39 is 18.4 Å². The number of nitrogens with zero attached hydrogens (tertiary/aromatic N) is 3. The van der Waals surface area contributed by atoms with Crippen molar-refractivity contribution in [3.05, 3.63) is 45.3 Å². The molecule has 0 radical (unpaired) electrons. The zero-order valence-corrected chi connectivity index (χ0v) is 8.81. The first-order chi connectivity index (χ1) is 7.63. The molecule has 82 valence electrons. The quantitative estimate of drug-likeness (QED) is 0.495. The lowest BCUT2D eigenvalue weighted by Gasteiger charge is -2.01. The number of carbonyl (C=O) groups excluding carboxylic acids is 2. The molecule has 1 N–H and O–H groups in total. The second-order valence-corrected chi connectivity index (χ2v) is 3.21. The van der Waals surface area contributed by atoms with E-state index in [-0.39, 0.29) is 0 Å². The molecule has 0 saturated carbocycles. The Balaban J connectivity index is 2.62. The fourth-order valence-corrected chi connectivity index (χ4v) is 1.06. The van der Waals surface area contributed by atoms with Crippen molar-refractivity contribution in [2.75, 3.05) is 6.54 Å². The van der Waals surface area contributed by atoms with Crippen molar-refractivity contribution in [2.45, 2.75) is 0 Å². The number of hydrogen-bond acceptors (Lipinski definition) is 3. The van der Waals surface area contributed by atoms with Crippen LogP contribution in [0.3, 0.4) is 0 Å². The van der Waals surface area contributed by atoms with Crippen LogP contribution in [0.5, 0.6) is 0 Å². The molecule has 1 aromatic rings. The predicted molar refractivity (Wildman–Crippen MR) is 57.9 cm³/mol. The maximum atomic E-state index is 11.4. The number of azide groups is 1. The second kappa shape index (κ2) is 5.75. The fourth-order valence-electron chi connectivity index (χ4n) is 0.935. The van der Waals surface area contributed by atoms with Crippen LogP contribution < -0.4 is 5.32 Å². The Morgan fingerprint density at radius 1 is 1.38 bits per heavy atom. The van der Waals surface area contributed by atoms with E-state index in [1.54, 1.807) is 0 Å². The van der Waals surface area contributed by atoms with Crippen LogP contribution in [0.2, 0.25) is 5.02 Å². The average molecular weight is 239 g/mol. The normalized spacial score (nSPS) is 9.06. The highest BCUT2D eigenvalue weighted by molar-refractivity contribution is 6.30. The molecular weight excluding hydrogens is 232 g/mol. The first-order valence-electron chi connectivity index (χ1n) is 4.24. The molecule has 0 bridgehead atoms. The summed E-state index contributed by atoms with van der Waals surface area (Å²) in [6, 6.07) is 6.04. The Hall–Kier alpha value is -2.04. The summed E-state index contributed by atoms with van der Waals surface area (Å²) in [5.41, 5.74) is 8.28. The minimum Gasteiger partial charge on any atom is -0.292 e. The molecule has 0 aromatic heterocycles. The van der Waals surface area contributed by atoms with E-state index in [4.69, 9.17) is 17.1 Å². The summed E-state index contributed by atoms with van der Waals surface area (Å²) >= 11 is 5.64. The van der Waals surface area contributed by atoms with Crippen molar-refractivity contribution in [1.82, 2.24) is 5.32 Å². The van der Waals surface area contributed by atoms with Gasteiger partial charge in [-0.05, 0) is 29.8 Å². The fraction of sp³-hybridized carbons (Fsp3) is 0.111. The minimum absolute atomic E-state index is 0.304. The molecule has 0 fully saturated rings. The van der Waals surface area contributed by atoms with Crippen LogP contribution in [0.4, 0.5) is 0 Å². The maximum Gasteiger partial charge on any atom is 0.257 e. The van der Waals surface area contributed by atoms with E-state index in [2.05, 4.69) is 15.3 Å². The van der Waals surface area contributed by atoms with Crippen LogP contribution in [0.15, 0.2) is 29.4 Å². The van der Waals surface area contributed by atoms with Crippen molar-refractivity contribution >= 4 is 23.4 Å². The number of benzene rings is 1. The summed E-state index contributed by atoms with van der Waals surface area (Å²) in [5, 5.41) is 5.59. The highest BCUT2D eigenvalue weighted by atomic mass is 35.5. The molecule has 0 saturated heterocycles. The molecular formula is C9H7ClN4O2. The Kier molecular flexibility index (Phi) is 4.32. The third-order valence-corrected chi connectivity index (χ3v) is 1.89. The molecule has 0 spiro atoms. The van der Waals surface area contributed by atoms with Gasteiger partial charge < -0.3 is 0 Å². The summed E-state index contributed by atoms with van der Waals surface area (Å²) < 4.78 is 0. The molecule has 2 amide bonds. The van der Waals surface area contributed by atoms with Gasteiger partial charge in [-0.3, -0.25) is 14.9 Å². The summed E-state index contributed by atoms with van der Waals surface area (Å²) in [6.45, 7) is -0.407. The molecule has 1 rings (SSSR count). The largest absolute Gasteiger partial charge is 0.292 e. The number of rotatable bonds is 3. The zero-order valence-electron chi connectivity index (χ0n) is 8.05. The molecule has 0 heterocycles. The van der Waals surface area contributed by atoms with Gasteiger partial charge in [0.25, 0.3) is 5.91 Å². The van der Waals surface area contributed by atoms with Gasteiger partial charge in [-0.2, -0.15) is 0 Å². The number of carbonyl (C=O) groups is 2. The first kappa shape index (κ1) is 12.0. The summed E-state index contributed by atoms with van der Waals surface area (Å²) in [4.78, 5) is 24.9. The third-order valence-electron chi connectivity index (χ3n) is 1.64. The number of nitrogens with one attached hydrogen (secondary N) is 1. The first-order valence-corrected chi connectivity index (χ1v) is 4.62. The summed E-state index contributed by atoms with van der Waals surface area (Å²) in [5.74, 6) is -1.22. The van der Waals surface area contributed by atoms with E-state index in [1.165, 1.54) is 24.3 Å². The Bertz CT molecular complexity index is 451. The van der Waals surface area contributed by atoms with E-state index in [1.807, 2.05) is 0 Å².